The zero-order valence-corrected chi connectivity index (χ0v) is 13.5. The van der Waals surface area contributed by atoms with Gasteiger partial charge in [0.15, 0.2) is 0 Å². The Hall–Kier alpha value is -2.62. The first kappa shape index (κ1) is 16.7. The monoisotopic (exact) mass is 311 g/mol. The molecule has 0 aromatic heterocycles. The van der Waals surface area contributed by atoms with Gasteiger partial charge in [0.25, 0.3) is 0 Å². The lowest BCUT2D eigenvalue weighted by molar-refractivity contribution is -0.138. The van der Waals surface area contributed by atoms with E-state index >= 15 is 0 Å². The first-order chi connectivity index (χ1) is 11.0. The van der Waals surface area contributed by atoms with Crippen molar-refractivity contribution in [3.05, 3.63) is 65.7 Å². The number of aryl methyl sites for hydroxylation is 1. The van der Waals surface area contributed by atoms with E-state index in [4.69, 9.17) is 4.74 Å². The summed E-state index contributed by atoms with van der Waals surface area (Å²) in [6, 6.07) is 17.0. The molecule has 0 aliphatic heterocycles. The van der Waals surface area contributed by atoms with E-state index in [1.807, 2.05) is 49.4 Å². The van der Waals surface area contributed by atoms with E-state index in [9.17, 15) is 9.59 Å². The van der Waals surface area contributed by atoms with Gasteiger partial charge >= 0.3 is 5.97 Å². The van der Waals surface area contributed by atoms with Gasteiger partial charge in [-0.2, -0.15) is 0 Å². The molecule has 0 saturated heterocycles. The summed E-state index contributed by atoms with van der Waals surface area (Å²) in [5, 5.41) is 0. The zero-order chi connectivity index (χ0) is 16.7. The molecule has 0 saturated carbocycles. The van der Waals surface area contributed by atoms with E-state index in [-0.39, 0.29) is 18.7 Å². The first-order valence-corrected chi connectivity index (χ1v) is 7.60. The van der Waals surface area contributed by atoms with Crippen LogP contribution in [0.4, 0.5) is 0 Å². The second-order valence-corrected chi connectivity index (χ2v) is 5.52. The maximum Gasteiger partial charge on any atom is 0.311 e. The van der Waals surface area contributed by atoms with Crippen molar-refractivity contribution in [3.63, 3.8) is 0 Å². The Balaban J connectivity index is 1.76. The predicted octanol–water partition coefficient (Wildman–Crippen LogP) is 3.34. The molecule has 120 valence electrons. The second kappa shape index (κ2) is 8.13. The zero-order valence-electron chi connectivity index (χ0n) is 13.5. The lowest BCUT2D eigenvalue weighted by Gasteiger charge is -2.17. The molecule has 2 rings (SSSR count). The molecule has 0 aliphatic carbocycles. The normalized spacial score (nSPS) is 10.2. The maximum atomic E-state index is 12.1. The Morgan fingerprint density at radius 1 is 0.957 bits per heavy atom. The Labute approximate surface area is 136 Å². The number of rotatable bonds is 6. The van der Waals surface area contributed by atoms with Crippen LogP contribution in [0.1, 0.15) is 24.0 Å². The summed E-state index contributed by atoms with van der Waals surface area (Å²) in [6.07, 6.45) is 0.222. The van der Waals surface area contributed by atoms with Crippen molar-refractivity contribution in [3.8, 4) is 5.75 Å². The summed E-state index contributed by atoms with van der Waals surface area (Å²) in [6.45, 7) is 2.50. The third kappa shape index (κ3) is 5.58. The molecular formula is C19H21NO3. The highest BCUT2D eigenvalue weighted by Crippen LogP contribution is 2.13. The van der Waals surface area contributed by atoms with E-state index in [0.29, 0.717) is 12.3 Å². The van der Waals surface area contributed by atoms with Crippen molar-refractivity contribution in [2.75, 3.05) is 7.05 Å². The highest BCUT2D eigenvalue weighted by molar-refractivity contribution is 5.82. The van der Waals surface area contributed by atoms with Gasteiger partial charge in [-0.05, 0) is 24.6 Å². The Morgan fingerprint density at radius 3 is 2.26 bits per heavy atom. The number of hydrogen-bond donors (Lipinski definition) is 0. The van der Waals surface area contributed by atoms with Crippen LogP contribution >= 0.6 is 0 Å². The van der Waals surface area contributed by atoms with Crippen LogP contribution in [-0.4, -0.2) is 23.8 Å². The minimum atomic E-state index is -0.393. The molecule has 0 bridgehead atoms. The quantitative estimate of drug-likeness (QED) is 0.607. The molecule has 1 amide bonds. The van der Waals surface area contributed by atoms with Crippen LogP contribution in [0.3, 0.4) is 0 Å². The van der Waals surface area contributed by atoms with Gasteiger partial charge in [0.2, 0.25) is 5.91 Å². The van der Waals surface area contributed by atoms with Crippen LogP contribution in [0.25, 0.3) is 0 Å². The second-order valence-electron chi connectivity index (χ2n) is 5.52. The van der Waals surface area contributed by atoms with Gasteiger partial charge in [0.1, 0.15) is 5.75 Å². The molecule has 0 heterocycles. The lowest BCUT2D eigenvalue weighted by Crippen LogP contribution is -2.27. The standard InChI is InChI=1S/C19H21NO3/c1-15-8-10-17(11-9-15)23-19(22)13-12-18(21)20(2)14-16-6-4-3-5-7-16/h3-11H,12-14H2,1-2H3. The van der Waals surface area contributed by atoms with Gasteiger partial charge < -0.3 is 9.64 Å². The summed E-state index contributed by atoms with van der Waals surface area (Å²) in [4.78, 5) is 25.5. The number of benzene rings is 2. The molecule has 4 nitrogen and oxygen atoms in total. The number of amides is 1. The highest BCUT2D eigenvalue weighted by Gasteiger charge is 2.13. The van der Waals surface area contributed by atoms with Crippen LogP contribution in [0.15, 0.2) is 54.6 Å². The van der Waals surface area contributed by atoms with Crippen molar-refractivity contribution in [1.29, 1.82) is 0 Å². The molecular weight excluding hydrogens is 290 g/mol. The Morgan fingerprint density at radius 2 is 1.61 bits per heavy atom. The molecule has 0 aliphatic rings. The molecule has 0 N–H and O–H groups in total. The van der Waals surface area contributed by atoms with Crippen LogP contribution in [0.5, 0.6) is 5.75 Å². The maximum absolute atomic E-state index is 12.1. The first-order valence-electron chi connectivity index (χ1n) is 7.60. The smallest absolute Gasteiger partial charge is 0.311 e. The predicted molar refractivity (Wildman–Crippen MR) is 89.0 cm³/mol. The number of esters is 1. The van der Waals surface area contributed by atoms with Gasteiger partial charge in [-0.25, -0.2) is 0 Å². The van der Waals surface area contributed by atoms with Crippen LogP contribution < -0.4 is 4.74 Å². The van der Waals surface area contributed by atoms with Crippen LogP contribution in [0.2, 0.25) is 0 Å². The SMILES string of the molecule is Cc1ccc(OC(=O)CCC(=O)N(C)Cc2ccccc2)cc1. The summed E-state index contributed by atoms with van der Waals surface area (Å²) in [5.41, 5.74) is 2.16. The van der Waals surface area contributed by atoms with E-state index in [1.165, 1.54) is 0 Å². The number of ether oxygens (including phenoxy) is 1. The van der Waals surface area contributed by atoms with Gasteiger partial charge in [-0.15, -0.1) is 0 Å². The van der Waals surface area contributed by atoms with Crippen molar-refractivity contribution in [2.45, 2.75) is 26.3 Å². The van der Waals surface area contributed by atoms with E-state index in [0.717, 1.165) is 11.1 Å². The summed E-state index contributed by atoms with van der Waals surface area (Å²) in [5.74, 6) is 0.0377. The molecule has 23 heavy (non-hydrogen) atoms. The van der Waals surface area contributed by atoms with Crippen molar-refractivity contribution >= 4 is 11.9 Å². The molecule has 2 aromatic rings. The number of carbonyl (C=O) groups is 2. The minimum absolute atomic E-state index is 0.0743. The van der Waals surface area contributed by atoms with E-state index < -0.39 is 5.97 Å². The average Bonchev–Trinajstić information content (AvgIpc) is 2.55. The summed E-state index contributed by atoms with van der Waals surface area (Å²) in [7, 11) is 1.74. The number of hydrogen-bond acceptors (Lipinski definition) is 3. The number of nitrogens with zero attached hydrogens (tertiary/aromatic N) is 1. The van der Waals surface area contributed by atoms with Gasteiger partial charge in [0.05, 0.1) is 6.42 Å². The minimum Gasteiger partial charge on any atom is -0.427 e. The lowest BCUT2D eigenvalue weighted by atomic mass is 10.2. The molecule has 0 radical (unpaired) electrons. The van der Waals surface area contributed by atoms with Crippen molar-refractivity contribution in [1.82, 2.24) is 4.90 Å². The van der Waals surface area contributed by atoms with Gasteiger partial charge in [-0.3, -0.25) is 9.59 Å². The average molecular weight is 311 g/mol. The van der Waals surface area contributed by atoms with Crippen LogP contribution in [-0.2, 0) is 16.1 Å². The molecule has 2 aromatic carbocycles. The Bertz CT molecular complexity index is 650. The highest BCUT2D eigenvalue weighted by atomic mass is 16.5. The van der Waals surface area contributed by atoms with Crippen LogP contribution in [0, 0.1) is 6.92 Å². The molecule has 0 atom stereocenters. The fraction of sp³-hybridized carbons (Fsp3) is 0.263. The van der Waals surface area contributed by atoms with Crippen molar-refractivity contribution < 1.29 is 14.3 Å². The topological polar surface area (TPSA) is 46.6 Å². The molecule has 0 spiro atoms. The van der Waals surface area contributed by atoms with Gasteiger partial charge in [0, 0.05) is 20.0 Å². The third-order valence-electron chi connectivity index (χ3n) is 3.48. The summed E-state index contributed by atoms with van der Waals surface area (Å²) < 4.78 is 5.21. The summed E-state index contributed by atoms with van der Waals surface area (Å²) >= 11 is 0. The Kier molecular flexibility index (Phi) is 5.92. The van der Waals surface area contributed by atoms with Crippen molar-refractivity contribution in [2.24, 2.45) is 0 Å². The third-order valence-corrected chi connectivity index (χ3v) is 3.48. The number of carbonyl (C=O) groups excluding carboxylic acids is 2. The molecule has 4 heteroatoms. The molecule has 0 fully saturated rings. The van der Waals surface area contributed by atoms with Gasteiger partial charge in [-0.1, -0.05) is 48.0 Å². The van der Waals surface area contributed by atoms with E-state index in [1.54, 1.807) is 24.1 Å². The molecule has 0 unspecified atom stereocenters. The largest absolute Gasteiger partial charge is 0.427 e. The van der Waals surface area contributed by atoms with E-state index in [2.05, 4.69) is 0 Å². The fourth-order valence-corrected chi connectivity index (χ4v) is 2.13. The fourth-order valence-electron chi connectivity index (χ4n) is 2.13.